The molecule has 1 unspecified atom stereocenters. The summed E-state index contributed by atoms with van der Waals surface area (Å²) in [5, 5.41) is 4.07. The van der Waals surface area contributed by atoms with E-state index in [1.54, 1.807) is 14.2 Å². The van der Waals surface area contributed by atoms with Crippen LogP contribution in [0.1, 0.15) is 35.3 Å². The van der Waals surface area contributed by atoms with Crippen LogP contribution in [0.4, 0.5) is 18.9 Å². The minimum atomic E-state index is -4.81. The highest BCUT2D eigenvalue weighted by molar-refractivity contribution is 5.94. The summed E-state index contributed by atoms with van der Waals surface area (Å²) >= 11 is 0. The summed E-state index contributed by atoms with van der Waals surface area (Å²) in [5.41, 5.74) is 6.32. The molecule has 0 saturated carbocycles. The number of likely N-dealkylation sites (N-methyl/N-ethyl adjacent to an activating group) is 1. The molecule has 210 valence electrons. The second kappa shape index (κ2) is 11.7. The summed E-state index contributed by atoms with van der Waals surface area (Å²) < 4.78 is 51.9. The molecule has 7 nitrogen and oxygen atoms in total. The van der Waals surface area contributed by atoms with Crippen LogP contribution in [-0.4, -0.2) is 39.2 Å². The fraction of sp³-hybridized carbons (Fsp3) is 0.267. The van der Waals surface area contributed by atoms with Crippen molar-refractivity contribution in [1.82, 2.24) is 5.43 Å². The molecule has 1 aliphatic rings. The van der Waals surface area contributed by atoms with Gasteiger partial charge in [-0.1, -0.05) is 12.1 Å². The second-order valence-corrected chi connectivity index (χ2v) is 9.33. The molecule has 40 heavy (non-hydrogen) atoms. The van der Waals surface area contributed by atoms with Gasteiger partial charge >= 0.3 is 6.36 Å². The molecule has 1 aliphatic heterocycles. The lowest BCUT2D eigenvalue weighted by atomic mass is 9.76. The number of hydrogen-bond acceptors (Lipinski definition) is 6. The first-order valence-corrected chi connectivity index (χ1v) is 12.6. The molecule has 3 aromatic carbocycles. The molecule has 0 aromatic heterocycles. The predicted molar refractivity (Wildman–Crippen MR) is 147 cm³/mol. The van der Waals surface area contributed by atoms with E-state index in [1.807, 2.05) is 42.5 Å². The molecule has 0 aliphatic carbocycles. The second-order valence-electron chi connectivity index (χ2n) is 9.33. The maximum atomic E-state index is 12.5. The number of benzene rings is 3. The number of fused-ring (bicyclic) bond motifs is 1. The standard InChI is InChI=1S/C30H30F3N3O4/c1-5-36-26-14-13-24(39-4)18-25(26)29(2,19-20-7-6-8-23(17-20)38-3)27(36)15-16-34-35-28(37)21-9-11-22(12-10-21)40-30(31,32)33/h6-18H,5,19H2,1-4H3,(H,35,37)/b27-15-,34-16+. The minimum Gasteiger partial charge on any atom is -0.497 e. The predicted octanol–water partition coefficient (Wildman–Crippen LogP) is 6.24. The smallest absolute Gasteiger partial charge is 0.497 e. The topological polar surface area (TPSA) is 72.4 Å². The van der Waals surface area contributed by atoms with Gasteiger partial charge in [-0.15, -0.1) is 13.2 Å². The lowest BCUT2D eigenvalue weighted by Gasteiger charge is -2.30. The first-order chi connectivity index (χ1) is 19.1. The van der Waals surface area contributed by atoms with Gasteiger partial charge in [0.05, 0.1) is 14.2 Å². The van der Waals surface area contributed by atoms with Crippen LogP contribution in [0.15, 0.2) is 83.6 Å². The SMILES string of the molecule is CCN1/C(=C\C=N\NC(=O)c2ccc(OC(F)(F)F)cc2)C(C)(Cc2cccc(OC)c2)c2cc(OC)ccc21. The largest absolute Gasteiger partial charge is 0.573 e. The van der Waals surface area contributed by atoms with Gasteiger partial charge in [-0.05, 0) is 92.1 Å². The van der Waals surface area contributed by atoms with Crippen LogP contribution in [0.25, 0.3) is 0 Å². The van der Waals surface area contributed by atoms with Crippen molar-refractivity contribution < 1.29 is 32.2 Å². The van der Waals surface area contributed by atoms with E-state index in [1.165, 1.54) is 18.3 Å². The van der Waals surface area contributed by atoms with Crippen LogP contribution < -0.4 is 24.5 Å². The highest BCUT2D eigenvalue weighted by Crippen LogP contribution is 2.50. The summed E-state index contributed by atoms with van der Waals surface area (Å²) in [4.78, 5) is 14.7. The molecule has 10 heteroatoms. The lowest BCUT2D eigenvalue weighted by molar-refractivity contribution is -0.274. The number of alkyl halides is 3. The molecular weight excluding hydrogens is 523 g/mol. The summed E-state index contributed by atoms with van der Waals surface area (Å²) in [6, 6.07) is 18.5. The number of allylic oxidation sites excluding steroid dienone is 2. The van der Waals surface area contributed by atoms with E-state index < -0.39 is 23.4 Å². The van der Waals surface area contributed by atoms with Crippen molar-refractivity contribution in [2.45, 2.75) is 32.0 Å². The summed E-state index contributed by atoms with van der Waals surface area (Å²) in [6.07, 6.45) is -0.778. The molecule has 3 aromatic rings. The van der Waals surface area contributed by atoms with Crippen LogP contribution in [0.5, 0.6) is 17.2 Å². The quantitative estimate of drug-likeness (QED) is 0.251. The molecule has 4 rings (SSSR count). The Morgan fingerprint density at radius 2 is 1.68 bits per heavy atom. The number of carbonyl (C=O) groups is 1. The van der Waals surface area contributed by atoms with Gasteiger partial charge in [0.2, 0.25) is 0 Å². The molecule has 0 saturated heterocycles. The van der Waals surface area contributed by atoms with Gasteiger partial charge < -0.3 is 19.1 Å². The number of ether oxygens (including phenoxy) is 3. The lowest BCUT2D eigenvalue weighted by Crippen LogP contribution is -2.31. The van der Waals surface area contributed by atoms with Gasteiger partial charge in [-0.2, -0.15) is 5.10 Å². The molecule has 0 spiro atoms. The number of hydrogen-bond donors (Lipinski definition) is 1. The van der Waals surface area contributed by atoms with Crippen LogP contribution in [0, 0.1) is 0 Å². The van der Waals surface area contributed by atoms with Crippen molar-refractivity contribution in [2.75, 3.05) is 25.7 Å². The zero-order chi connectivity index (χ0) is 28.9. The third-order valence-corrected chi connectivity index (χ3v) is 6.78. The van der Waals surface area contributed by atoms with Gasteiger partial charge in [-0.25, -0.2) is 5.43 Å². The summed E-state index contributed by atoms with van der Waals surface area (Å²) in [5.74, 6) is 0.537. The molecule has 1 atom stereocenters. The van der Waals surface area contributed by atoms with Gasteiger partial charge in [0, 0.05) is 35.1 Å². The van der Waals surface area contributed by atoms with Crippen molar-refractivity contribution in [1.29, 1.82) is 0 Å². The highest BCUT2D eigenvalue weighted by atomic mass is 19.4. The van der Waals surface area contributed by atoms with Crippen LogP contribution in [0.2, 0.25) is 0 Å². The highest BCUT2D eigenvalue weighted by Gasteiger charge is 2.43. The first kappa shape index (κ1) is 28.5. The van der Waals surface area contributed by atoms with Gasteiger partial charge in [0.15, 0.2) is 0 Å². The van der Waals surface area contributed by atoms with E-state index in [9.17, 15) is 18.0 Å². The van der Waals surface area contributed by atoms with Crippen molar-refractivity contribution in [2.24, 2.45) is 5.10 Å². The number of amides is 1. The summed E-state index contributed by atoms with van der Waals surface area (Å²) in [7, 11) is 3.27. The fourth-order valence-electron chi connectivity index (χ4n) is 4.95. The maximum absolute atomic E-state index is 12.5. The number of rotatable bonds is 9. The van der Waals surface area contributed by atoms with E-state index in [0.29, 0.717) is 13.0 Å². The molecule has 0 radical (unpaired) electrons. The number of nitrogens with one attached hydrogen (secondary N) is 1. The minimum absolute atomic E-state index is 0.137. The van der Waals surface area contributed by atoms with E-state index >= 15 is 0 Å². The number of methoxy groups -OCH3 is 2. The number of carbonyl (C=O) groups excluding carboxylic acids is 1. The number of nitrogens with zero attached hydrogens (tertiary/aromatic N) is 2. The molecule has 1 N–H and O–H groups in total. The Bertz CT molecular complexity index is 1420. The Morgan fingerprint density at radius 1 is 1.00 bits per heavy atom. The van der Waals surface area contributed by atoms with Crippen molar-refractivity contribution in [3.8, 4) is 17.2 Å². The van der Waals surface area contributed by atoms with Crippen LogP contribution in [0.3, 0.4) is 0 Å². The Labute approximate surface area is 230 Å². The molecule has 1 amide bonds. The monoisotopic (exact) mass is 553 g/mol. The van der Waals surface area contributed by atoms with E-state index in [0.717, 1.165) is 46.1 Å². The fourth-order valence-corrected chi connectivity index (χ4v) is 4.95. The number of halogens is 3. The molecule has 0 bridgehead atoms. The van der Waals surface area contributed by atoms with E-state index in [2.05, 4.69) is 40.1 Å². The number of anilines is 1. The normalized spacial score (nSPS) is 17.7. The molecular formula is C30H30F3N3O4. The maximum Gasteiger partial charge on any atom is 0.573 e. The third-order valence-electron chi connectivity index (χ3n) is 6.78. The first-order valence-electron chi connectivity index (χ1n) is 12.6. The molecule has 0 fully saturated rings. The Morgan fingerprint density at radius 3 is 2.33 bits per heavy atom. The zero-order valence-electron chi connectivity index (χ0n) is 22.6. The van der Waals surface area contributed by atoms with Gasteiger partial charge in [-0.3, -0.25) is 4.79 Å². The third kappa shape index (κ3) is 6.22. The van der Waals surface area contributed by atoms with Crippen molar-refractivity contribution in [3.05, 3.63) is 95.2 Å². The summed E-state index contributed by atoms with van der Waals surface area (Å²) in [6.45, 7) is 4.92. The Balaban J connectivity index is 1.60. The average Bonchev–Trinajstić information content (AvgIpc) is 3.16. The average molecular weight is 554 g/mol. The number of hydrazone groups is 1. The van der Waals surface area contributed by atoms with E-state index in [4.69, 9.17) is 9.47 Å². The Hall–Kier alpha value is -4.47. The van der Waals surface area contributed by atoms with Crippen LogP contribution >= 0.6 is 0 Å². The van der Waals surface area contributed by atoms with Gasteiger partial charge in [0.25, 0.3) is 5.91 Å². The zero-order valence-corrected chi connectivity index (χ0v) is 22.6. The molecule has 1 heterocycles. The van der Waals surface area contributed by atoms with Crippen molar-refractivity contribution in [3.63, 3.8) is 0 Å². The van der Waals surface area contributed by atoms with Crippen molar-refractivity contribution >= 4 is 17.8 Å². The van der Waals surface area contributed by atoms with Crippen LogP contribution in [-0.2, 0) is 11.8 Å². The van der Waals surface area contributed by atoms with E-state index in [-0.39, 0.29) is 5.56 Å². The van der Waals surface area contributed by atoms with Gasteiger partial charge in [0.1, 0.15) is 17.2 Å². The Kier molecular flexibility index (Phi) is 8.37.